The highest BCUT2D eigenvalue weighted by molar-refractivity contribution is 5.22. The van der Waals surface area contributed by atoms with Crippen molar-refractivity contribution in [2.45, 2.75) is 13.0 Å². The number of halogens is 2. The van der Waals surface area contributed by atoms with E-state index in [0.717, 1.165) is 5.70 Å². The fourth-order valence-corrected chi connectivity index (χ4v) is 2.62. The molecule has 3 nitrogen and oxygen atoms in total. The number of rotatable bonds is 2. The Morgan fingerprint density at radius 3 is 2.65 bits per heavy atom. The SMILES string of the molecule is OC1=CN2CCN(Cc3c(F)cccc3F)CC2=CC1. The molecule has 2 heterocycles. The predicted octanol–water partition coefficient (Wildman–Crippen LogP) is 2.77. The average molecular weight is 278 g/mol. The van der Waals surface area contributed by atoms with Crippen molar-refractivity contribution in [1.29, 1.82) is 0 Å². The smallest absolute Gasteiger partial charge is 0.130 e. The lowest BCUT2D eigenvalue weighted by Gasteiger charge is -2.38. The molecule has 0 unspecified atom stereocenters. The van der Waals surface area contributed by atoms with Gasteiger partial charge in [-0.3, -0.25) is 4.90 Å². The minimum atomic E-state index is -0.498. The van der Waals surface area contributed by atoms with Crippen LogP contribution < -0.4 is 0 Å². The zero-order chi connectivity index (χ0) is 14.1. The van der Waals surface area contributed by atoms with Gasteiger partial charge in [-0.05, 0) is 12.1 Å². The molecule has 0 aromatic heterocycles. The monoisotopic (exact) mass is 278 g/mol. The molecule has 0 radical (unpaired) electrons. The Kier molecular flexibility index (Phi) is 3.44. The summed E-state index contributed by atoms with van der Waals surface area (Å²) in [4.78, 5) is 4.01. The third kappa shape index (κ3) is 2.54. The Hall–Kier alpha value is -1.88. The lowest BCUT2D eigenvalue weighted by Crippen LogP contribution is -2.43. The molecule has 20 heavy (non-hydrogen) atoms. The van der Waals surface area contributed by atoms with Gasteiger partial charge in [0.25, 0.3) is 0 Å². The number of hydrogen-bond acceptors (Lipinski definition) is 3. The molecule has 1 aromatic rings. The van der Waals surface area contributed by atoms with Crippen LogP contribution in [0.25, 0.3) is 0 Å². The van der Waals surface area contributed by atoms with Crippen molar-refractivity contribution in [1.82, 2.24) is 9.80 Å². The van der Waals surface area contributed by atoms with Crippen molar-refractivity contribution in [2.75, 3.05) is 19.6 Å². The Balaban J connectivity index is 1.72. The Morgan fingerprint density at radius 1 is 1.15 bits per heavy atom. The number of benzene rings is 1. The maximum Gasteiger partial charge on any atom is 0.130 e. The minimum Gasteiger partial charge on any atom is -0.510 e. The van der Waals surface area contributed by atoms with Gasteiger partial charge in [0.05, 0.1) is 0 Å². The number of hydrogen-bond donors (Lipinski definition) is 1. The summed E-state index contributed by atoms with van der Waals surface area (Å²) in [5.74, 6) is -0.646. The van der Waals surface area contributed by atoms with Crippen molar-refractivity contribution in [3.63, 3.8) is 0 Å². The van der Waals surface area contributed by atoms with Gasteiger partial charge < -0.3 is 10.0 Å². The zero-order valence-corrected chi connectivity index (χ0v) is 11.0. The second-order valence-corrected chi connectivity index (χ2v) is 5.12. The van der Waals surface area contributed by atoms with Crippen molar-refractivity contribution in [2.24, 2.45) is 0 Å². The Morgan fingerprint density at radius 2 is 1.90 bits per heavy atom. The van der Waals surface area contributed by atoms with E-state index in [1.54, 1.807) is 6.20 Å². The number of allylic oxidation sites excluding steroid dienone is 1. The predicted molar refractivity (Wildman–Crippen MR) is 71.8 cm³/mol. The molecule has 1 N–H and O–H groups in total. The number of aliphatic hydroxyl groups excluding tert-OH is 1. The van der Waals surface area contributed by atoms with Crippen LogP contribution in [0.4, 0.5) is 8.78 Å². The first-order valence-electron chi connectivity index (χ1n) is 6.64. The summed E-state index contributed by atoms with van der Waals surface area (Å²) in [5.41, 5.74) is 1.20. The maximum atomic E-state index is 13.7. The normalized spacial score (nSPS) is 19.4. The molecule has 3 rings (SSSR count). The maximum absolute atomic E-state index is 13.7. The molecule has 0 amide bonds. The molecule has 0 atom stereocenters. The van der Waals surface area contributed by atoms with E-state index >= 15 is 0 Å². The minimum absolute atomic E-state index is 0.121. The van der Waals surface area contributed by atoms with Crippen molar-refractivity contribution < 1.29 is 13.9 Å². The van der Waals surface area contributed by atoms with Crippen LogP contribution in [0.2, 0.25) is 0 Å². The van der Waals surface area contributed by atoms with E-state index in [2.05, 4.69) is 0 Å². The van der Waals surface area contributed by atoms with Crippen molar-refractivity contribution in [3.05, 3.63) is 59.1 Å². The quantitative estimate of drug-likeness (QED) is 0.901. The average Bonchev–Trinajstić information content (AvgIpc) is 2.43. The van der Waals surface area contributed by atoms with Crippen LogP contribution >= 0.6 is 0 Å². The third-order valence-corrected chi connectivity index (χ3v) is 3.71. The third-order valence-electron chi connectivity index (χ3n) is 3.71. The lowest BCUT2D eigenvalue weighted by atomic mass is 10.1. The molecule has 5 heteroatoms. The highest BCUT2D eigenvalue weighted by Crippen LogP contribution is 2.23. The summed E-state index contributed by atoms with van der Waals surface area (Å²) < 4.78 is 27.3. The molecule has 106 valence electrons. The number of nitrogens with zero attached hydrogens (tertiary/aromatic N) is 2. The van der Waals surface area contributed by atoms with Gasteiger partial charge >= 0.3 is 0 Å². The number of fused-ring (bicyclic) bond motifs is 1. The summed E-state index contributed by atoms with van der Waals surface area (Å²) in [6, 6.07) is 3.95. The van der Waals surface area contributed by atoms with Crippen LogP contribution in [0.1, 0.15) is 12.0 Å². The van der Waals surface area contributed by atoms with E-state index < -0.39 is 11.6 Å². The molecule has 1 aromatic carbocycles. The van der Waals surface area contributed by atoms with Crippen molar-refractivity contribution >= 4 is 0 Å². The molecular weight excluding hydrogens is 262 g/mol. The van der Waals surface area contributed by atoms with Gasteiger partial charge in [0.2, 0.25) is 0 Å². The Bertz CT molecular complexity index is 563. The second-order valence-electron chi connectivity index (χ2n) is 5.12. The van der Waals surface area contributed by atoms with E-state index in [0.29, 0.717) is 31.8 Å². The molecule has 0 aliphatic carbocycles. The second kappa shape index (κ2) is 5.25. The zero-order valence-electron chi connectivity index (χ0n) is 11.0. The highest BCUT2D eigenvalue weighted by atomic mass is 19.1. The van der Waals surface area contributed by atoms with Crippen LogP contribution in [-0.4, -0.2) is 34.5 Å². The van der Waals surface area contributed by atoms with Crippen LogP contribution in [0.5, 0.6) is 0 Å². The van der Waals surface area contributed by atoms with E-state index in [4.69, 9.17) is 0 Å². The Labute approximate surface area is 116 Å². The molecule has 0 bridgehead atoms. The van der Waals surface area contributed by atoms with Gasteiger partial charge in [0, 0.05) is 50.1 Å². The van der Waals surface area contributed by atoms with Gasteiger partial charge in [0.15, 0.2) is 0 Å². The van der Waals surface area contributed by atoms with Crippen LogP contribution in [0, 0.1) is 11.6 Å². The largest absolute Gasteiger partial charge is 0.510 e. The first-order chi connectivity index (χ1) is 9.63. The molecule has 2 aliphatic rings. The van der Waals surface area contributed by atoms with Gasteiger partial charge in [-0.15, -0.1) is 0 Å². The molecule has 1 fully saturated rings. The fraction of sp³-hybridized carbons (Fsp3) is 0.333. The van der Waals surface area contributed by atoms with E-state index in [1.165, 1.54) is 18.2 Å². The molecular formula is C15H16F2N2O. The van der Waals surface area contributed by atoms with E-state index in [9.17, 15) is 13.9 Å². The summed E-state index contributed by atoms with van der Waals surface area (Å²) in [7, 11) is 0. The first kappa shape index (κ1) is 13.1. The standard InChI is InChI=1S/C15H16F2N2O/c16-14-2-1-3-15(17)13(14)10-18-6-7-19-9-12(20)5-4-11(19)8-18/h1-4,9,20H,5-8,10H2. The molecule has 0 spiro atoms. The molecule has 1 saturated heterocycles. The highest BCUT2D eigenvalue weighted by Gasteiger charge is 2.23. The summed E-state index contributed by atoms with van der Waals surface area (Å²) in [6.45, 7) is 2.32. The number of piperazine rings is 1. The van der Waals surface area contributed by atoms with Crippen molar-refractivity contribution in [3.8, 4) is 0 Å². The van der Waals surface area contributed by atoms with Gasteiger partial charge in [0.1, 0.15) is 17.4 Å². The van der Waals surface area contributed by atoms with E-state index in [-0.39, 0.29) is 12.1 Å². The number of aliphatic hydroxyl groups is 1. The summed E-state index contributed by atoms with van der Waals surface area (Å²) >= 11 is 0. The fourth-order valence-electron chi connectivity index (χ4n) is 2.62. The van der Waals surface area contributed by atoms with Crippen LogP contribution in [0.15, 0.2) is 41.9 Å². The summed E-state index contributed by atoms with van der Waals surface area (Å²) in [6.07, 6.45) is 4.21. The summed E-state index contributed by atoms with van der Waals surface area (Å²) in [5, 5.41) is 9.48. The van der Waals surface area contributed by atoms with Gasteiger partial charge in [-0.1, -0.05) is 12.1 Å². The first-order valence-corrected chi connectivity index (χ1v) is 6.64. The topological polar surface area (TPSA) is 26.7 Å². The molecule has 2 aliphatic heterocycles. The van der Waals surface area contributed by atoms with Gasteiger partial charge in [-0.2, -0.15) is 0 Å². The van der Waals surface area contributed by atoms with E-state index in [1.807, 2.05) is 15.9 Å². The van der Waals surface area contributed by atoms with Gasteiger partial charge in [-0.25, -0.2) is 8.78 Å². The molecule has 0 saturated carbocycles. The van der Waals surface area contributed by atoms with Crippen LogP contribution in [-0.2, 0) is 6.54 Å². The lowest BCUT2D eigenvalue weighted by molar-refractivity contribution is 0.189. The van der Waals surface area contributed by atoms with Crippen LogP contribution in [0.3, 0.4) is 0 Å².